The third-order valence-electron chi connectivity index (χ3n) is 4.06. The molecule has 0 radical (unpaired) electrons. The van der Waals surface area contributed by atoms with E-state index in [-0.39, 0.29) is 0 Å². The van der Waals surface area contributed by atoms with E-state index in [0.717, 1.165) is 25.1 Å². The van der Waals surface area contributed by atoms with E-state index in [1.807, 2.05) is 0 Å². The van der Waals surface area contributed by atoms with Crippen LogP contribution in [0, 0.1) is 0 Å². The van der Waals surface area contributed by atoms with E-state index in [0.29, 0.717) is 0 Å². The second-order valence-electron chi connectivity index (χ2n) is 6.41. The van der Waals surface area contributed by atoms with Gasteiger partial charge in [-0.25, -0.2) is 0 Å². The van der Waals surface area contributed by atoms with E-state index in [1.165, 1.54) is 22.5 Å². The number of rotatable bonds is 7. The first kappa shape index (κ1) is 18.1. The first-order chi connectivity index (χ1) is 11.6. The van der Waals surface area contributed by atoms with Gasteiger partial charge in [0.1, 0.15) is 0 Å². The average molecular weight is 323 g/mol. The Kier molecular flexibility index (Phi) is 6.42. The van der Waals surface area contributed by atoms with E-state index in [1.54, 1.807) is 0 Å². The summed E-state index contributed by atoms with van der Waals surface area (Å²) in [4.78, 5) is 9.31. The molecule has 2 aromatic carbocycles. The smallest absolute Gasteiger partial charge is 0.0760 e. The van der Waals surface area contributed by atoms with Crippen molar-refractivity contribution in [2.45, 2.75) is 19.8 Å². The largest absolute Gasteiger partial charge is 0.377 e. The molecule has 2 aromatic rings. The summed E-state index contributed by atoms with van der Waals surface area (Å²) in [6, 6.07) is 17.0. The molecule has 0 fully saturated rings. The van der Waals surface area contributed by atoms with Crippen LogP contribution in [0.4, 0.5) is 11.4 Å². The first-order valence-corrected chi connectivity index (χ1v) is 8.64. The van der Waals surface area contributed by atoms with Crippen LogP contribution in [0.25, 0.3) is 0 Å². The second kappa shape index (κ2) is 8.53. The fraction of sp³-hybridized carbons (Fsp3) is 0.381. The van der Waals surface area contributed by atoms with Gasteiger partial charge < -0.3 is 9.80 Å². The van der Waals surface area contributed by atoms with Crippen LogP contribution in [-0.4, -0.2) is 40.4 Å². The predicted octanol–water partition coefficient (Wildman–Crippen LogP) is 4.46. The van der Waals surface area contributed by atoms with Crippen molar-refractivity contribution in [2.24, 2.45) is 4.99 Å². The number of para-hydroxylation sites is 2. The van der Waals surface area contributed by atoms with Gasteiger partial charge >= 0.3 is 0 Å². The molecule has 128 valence electrons. The van der Waals surface area contributed by atoms with Crippen molar-refractivity contribution < 1.29 is 0 Å². The predicted molar refractivity (Wildman–Crippen MR) is 107 cm³/mol. The summed E-state index contributed by atoms with van der Waals surface area (Å²) in [6.45, 7) is 3.06. The van der Waals surface area contributed by atoms with Crippen molar-refractivity contribution in [3.05, 3.63) is 59.7 Å². The molecule has 0 spiro atoms. The van der Waals surface area contributed by atoms with Crippen molar-refractivity contribution >= 4 is 17.1 Å². The summed E-state index contributed by atoms with van der Waals surface area (Å²) in [5.41, 5.74) is 5.85. The highest BCUT2D eigenvalue weighted by atomic mass is 15.1. The molecule has 0 saturated heterocycles. The Bertz CT molecular complexity index is 633. The molecule has 0 aliphatic heterocycles. The molecule has 3 nitrogen and oxygen atoms in total. The molecule has 0 amide bonds. The number of hydrogen-bond donors (Lipinski definition) is 0. The van der Waals surface area contributed by atoms with Crippen LogP contribution < -0.4 is 9.80 Å². The highest BCUT2D eigenvalue weighted by molar-refractivity contribution is 6.18. The van der Waals surface area contributed by atoms with Gasteiger partial charge in [-0.2, -0.15) is 0 Å². The summed E-state index contributed by atoms with van der Waals surface area (Å²) in [6.07, 6.45) is 2.26. The highest BCUT2D eigenvalue weighted by Crippen LogP contribution is 2.27. The maximum Gasteiger partial charge on any atom is 0.0760 e. The lowest BCUT2D eigenvalue weighted by Gasteiger charge is -2.22. The highest BCUT2D eigenvalue weighted by Gasteiger charge is 2.16. The van der Waals surface area contributed by atoms with Crippen LogP contribution in [0.2, 0.25) is 0 Å². The first-order valence-electron chi connectivity index (χ1n) is 8.64. The van der Waals surface area contributed by atoms with Crippen molar-refractivity contribution in [1.29, 1.82) is 0 Å². The third kappa shape index (κ3) is 4.16. The summed E-state index contributed by atoms with van der Waals surface area (Å²) in [5, 5.41) is 0. The monoisotopic (exact) mass is 323 g/mol. The fourth-order valence-electron chi connectivity index (χ4n) is 2.79. The van der Waals surface area contributed by atoms with Crippen LogP contribution in [0.5, 0.6) is 0 Å². The van der Waals surface area contributed by atoms with E-state index >= 15 is 0 Å². The van der Waals surface area contributed by atoms with Gasteiger partial charge in [0, 0.05) is 57.2 Å². The van der Waals surface area contributed by atoms with Crippen LogP contribution >= 0.6 is 0 Å². The Balaban J connectivity index is 2.62. The Labute approximate surface area is 146 Å². The van der Waals surface area contributed by atoms with Gasteiger partial charge in [-0.05, 0) is 18.6 Å². The molecule has 0 saturated carbocycles. The topological polar surface area (TPSA) is 18.8 Å². The Hall–Kier alpha value is -2.29. The average Bonchev–Trinajstić information content (AvgIpc) is 2.59. The number of aliphatic imine (C=N–C) groups is 1. The lowest BCUT2D eigenvalue weighted by Crippen LogP contribution is -2.18. The molecule has 3 heteroatoms. The van der Waals surface area contributed by atoms with Crippen LogP contribution in [0.1, 0.15) is 30.9 Å². The molecular weight excluding hydrogens is 294 g/mol. The molecule has 0 aliphatic carbocycles. The molecule has 0 aliphatic rings. The lowest BCUT2D eigenvalue weighted by molar-refractivity contribution is 0.808. The van der Waals surface area contributed by atoms with Crippen LogP contribution in [0.15, 0.2) is 53.5 Å². The standard InChI is InChI=1S/C21H29N3/c1-6-7-16-22-21(17-12-8-10-14-19(17)23(2)3)18-13-9-11-15-20(18)24(4)5/h8-15H,6-7,16H2,1-5H3. The molecular formula is C21H29N3. The second-order valence-corrected chi connectivity index (χ2v) is 6.41. The molecule has 2 rings (SSSR count). The van der Waals surface area contributed by atoms with Gasteiger partial charge in [0.05, 0.1) is 5.71 Å². The Morgan fingerprint density at radius 2 is 1.25 bits per heavy atom. The van der Waals surface area contributed by atoms with E-state index in [9.17, 15) is 0 Å². The molecule has 0 unspecified atom stereocenters. The van der Waals surface area contributed by atoms with Crippen molar-refractivity contribution in [3.63, 3.8) is 0 Å². The van der Waals surface area contributed by atoms with Gasteiger partial charge in [0.25, 0.3) is 0 Å². The number of anilines is 2. The zero-order chi connectivity index (χ0) is 17.5. The SMILES string of the molecule is CCCCN=C(c1ccccc1N(C)C)c1ccccc1N(C)C. The molecule has 0 aromatic heterocycles. The van der Waals surface area contributed by atoms with Crippen LogP contribution in [0.3, 0.4) is 0 Å². The van der Waals surface area contributed by atoms with Gasteiger partial charge in [-0.1, -0.05) is 49.7 Å². The minimum Gasteiger partial charge on any atom is -0.377 e. The minimum atomic E-state index is 0.857. The number of unbranched alkanes of at least 4 members (excludes halogenated alkanes) is 1. The van der Waals surface area contributed by atoms with Gasteiger partial charge in [-0.3, -0.25) is 4.99 Å². The molecule has 0 N–H and O–H groups in total. The summed E-state index contributed by atoms with van der Waals surface area (Å²) >= 11 is 0. The quantitative estimate of drug-likeness (QED) is 0.553. The number of hydrogen-bond acceptors (Lipinski definition) is 3. The zero-order valence-corrected chi connectivity index (χ0v) is 15.6. The maximum absolute atomic E-state index is 5.00. The number of benzene rings is 2. The lowest BCUT2D eigenvalue weighted by atomic mass is 9.98. The number of nitrogens with zero attached hydrogens (tertiary/aromatic N) is 3. The van der Waals surface area contributed by atoms with E-state index in [4.69, 9.17) is 4.99 Å². The van der Waals surface area contributed by atoms with Gasteiger partial charge in [0.2, 0.25) is 0 Å². The summed E-state index contributed by atoms with van der Waals surface area (Å²) in [7, 11) is 8.33. The Morgan fingerprint density at radius 1 is 0.792 bits per heavy atom. The van der Waals surface area contributed by atoms with Crippen LogP contribution in [-0.2, 0) is 0 Å². The van der Waals surface area contributed by atoms with E-state index in [2.05, 4.69) is 93.4 Å². The van der Waals surface area contributed by atoms with Crippen molar-refractivity contribution in [1.82, 2.24) is 0 Å². The maximum atomic E-state index is 5.00. The Morgan fingerprint density at radius 3 is 1.67 bits per heavy atom. The van der Waals surface area contributed by atoms with Crippen molar-refractivity contribution in [2.75, 3.05) is 44.5 Å². The minimum absolute atomic E-state index is 0.857. The fourth-order valence-corrected chi connectivity index (χ4v) is 2.79. The molecule has 0 atom stereocenters. The summed E-state index contributed by atoms with van der Waals surface area (Å²) in [5.74, 6) is 0. The van der Waals surface area contributed by atoms with E-state index < -0.39 is 0 Å². The van der Waals surface area contributed by atoms with Gasteiger partial charge in [-0.15, -0.1) is 0 Å². The van der Waals surface area contributed by atoms with Gasteiger partial charge in [0.15, 0.2) is 0 Å². The third-order valence-corrected chi connectivity index (χ3v) is 4.06. The summed E-state index contributed by atoms with van der Waals surface area (Å²) < 4.78 is 0. The molecule has 24 heavy (non-hydrogen) atoms. The molecule has 0 bridgehead atoms. The molecule has 0 heterocycles. The van der Waals surface area contributed by atoms with Crippen molar-refractivity contribution in [3.8, 4) is 0 Å². The zero-order valence-electron chi connectivity index (χ0n) is 15.6. The normalized spacial score (nSPS) is 10.4.